The second kappa shape index (κ2) is 8.55. The summed E-state index contributed by atoms with van der Waals surface area (Å²) in [5.41, 5.74) is 2.95. The first-order chi connectivity index (χ1) is 11.8. The number of rotatable bonds is 5. The summed E-state index contributed by atoms with van der Waals surface area (Å²) in [4.78, 5) is 14.8. The van der Waals surface area contributed by atoms with Gasteiger partial charge in [0.05, 0.1) is 0 Å². The van der Waals surface area contributed by atoms with E-state index in [0.29, 0.717) is 17.9 Å². The highest BCUT2D eigenvalue weighted by atomic mass is 35.5. The number of hydrogen-bond donors (Lipinski definition) is 1. The Bertz CT molecular complexity index is 579. The Morgan fingerprint density at radius 2 is 1.72 bits per heavy atom. The average molecular weight is 363 g/mol. The predicted octanol–water partition coefficient (Wildman–Crippen LogP) is 3.59. The highest BCUT2D eigenvalue weighted by Crippen LogP contribution is 2.29. The third kappa shape index (κ3) is 4.98. The Hall–Kier alpha value is -1.06. The maximum absolute atomic E-state index is 12.7. The number of amides is 1. The van der Waals surface area contributed by atoms with Crippen LogP contribution in [0.25, 0.3) is 0 Å². The summed E-state index contributed by atoms with van der Waals surface area (Å²) in [5.74, 6) is 1.87. The number of likely N-dealkylation sites (tertiary alicyclic amines) is 1. The van der Waals surface area contributed by atoms with Gasteiger partial charge in [-0.25, -0.2) is 0 Å². The molecule has 0 spiro atoms. The Labute approximate surface area is 158 Å². The summed E-state index contributed by atoms with van der Waals surface area (Å²) in [6, 6.07) is 9.38. The summed E-state index contributed by atoms with van der Waals surface area (Å²) >= 11 is 0. The Morgan fingerprint density at radius 3 is 2.44 bits per heavy atom. The van der Waals surface area contributed by atoms with Crippen LogP contribution in [0, 0.1) is 11.8 Å². The molecule has 0 bridgehead atoms. The van der Waals surface area contributed by atoms with Gasteiger partial charge in [-0.1, -0.05) is 24.3 Å². The lowest BCUT2D eigenvalue weighted by Gasteiger charge is -2.34. The van der Waals surface area contributed by atoms with Gasteiger partial charge in [-0.05, 0) is 74.5 Å². The van der Waals surface area contributed by atoms with E-state index < -0.39 is 0 Å². The topological polar surface area (TPSA) is 32.3 Å². The fourth-order valence-electron chi connectivity index (χ4n) is 4.31. The van der Waals surface area contributed by atoms with E-state index in [0.717, 1.165) is 51.1 Å². The number of carbonyl (C=O) groups excluding carboxylic acids is 1. The monoisotopic (exact) mass is 362 g/mol. The van der Waals surface area contributed by atoms with Crippen LogP contribution in [-0.2, 0) is 17.6 Å². The van der Waals surface area contributed by atoms with Crippen LogP contribution >= 0.6 is 12.4 Å². The van der Waals surface area contributed by atoms with E-state index >= 15 is 0 Å². The first kappa shape index (κ1) is 18.7. The lowest BCUT2D eigenvalue weighted by molar-refractivity contribution is -0.133. The van der Waals surface area contributed by atoms with Gasteiger partial charge in [0.2, 0.25) is 5.91 Å². The highest BCUT2D eigenvalue weighted by Gasteiger charge is 2.28. The van der Waals surface area contributed by atoms with E-state index in [1.807, 2.05) is 0 Å². The molecule has 0 radical (unpaired) electrons. The van der Waals surface area contributed by atoms with E-state index in [1.54, 1.807) is 0 Å². The Morgan fingerprint density at radius 1 is 1.00 bits per heavy atom. The largest absolute Gasteiger partial charge is 0.343 e. The van der Waals surface area contributed by atoms with Gasteiger partial charge >= 0.3 is 0 Å². The molecule has 4 rings (SSSR count). The van der Waals surface area contributed by atoms with Crippen LogP contribution < -0.4 is 5.32 Å². The molecular weight excluding hydrogens is 332 g/mol. The molecule has 1 saturated carbocycles. The average Bonchev–Trinajstić information content (AvgIpc) is 3.45. The van der Waals surface area contributed by atoms with Crippen molar-refractivity contribution in [3.05, 3.63) is 35.4 Å². The zero-order chi connectivity index (χ0) is 16.4. The first-order valence-corrected chi connectivity index (χ1v) is 9.86. The van der Waals surface area contributed by atoms with Crippen LogP contribution in [-0.4, -0.2) is 36.5 Å². The number of hydrogen-bond acceptors (Lipinski definition) is 2. The summed E-state index contributed by atoms with van der Waals surface area (Å²) in [7, 11) is 0. The molecule has 138 valence electrons. The van der Waals surface area contributed by atoms with Crippen molar-refractivity contribution in [2.75, 3.05) is 19.6 Å². The van der Waals surface area contributed by atoms with E-state index in [2.05, 4.69) is 34.5 Å². The van der Waals surface area contributed by atoms with Crippen molar-refractivity contribution in [3.8, 4) is 0 Å². The van der Waals surface area contributed by atoms with E-state index in [1.165, 1.54) is 36.9 Å². The molecular formula is C21H31ClN2O. The number of fused-ring (bicyclic) bond motifs is 1. The normalized spacial score (nSPS) is 23.7. The zero-order valence-corrected chi connectivity index (χ0v) is 15.9. The minimum Gasteiger partial charge on any atom is -0.343 e. The first-order valence-electron chi connectivity index (χ1n) is 9.86. The number of aryl methyl sites for hydroxylation is 1. The fourth-order valence-corrected chi connectivity index (χ4v) is 4.31. The minimum absolute atomic E-state index is 0. The van der Waals surface area contributed by atoms with Crippen molar-refractivity contribution < 1.29 is 4.79 Å². The summed E-state index contributed by atoms with van der Waals surface area (Å²) in [6.45, 7) is 3.09. The van der Waals surface area contributed by atoms with Gasteiger partial charge in [-0.15, -0.1) is 12.4 Å². The van der Waals surface area contributed by atoms with Crippen molar-refractivity contribution in [2.45, 2.75) is 57.4 Å². The van der Waals surface area contributed by atoms with E-state index in [4.69, 9.17) is 0 Å². The van der Waals surface area contributed by atoms with Crippen LogP contribution in [0.5, 0.6) is 0 Å². The smallest absolute Gasteiger partial charge is 0.222 e. The zero-order valence-electron chi connectivity index (χ0n) is 15.1. The van der Waals surface area contributed by atoms with Crippen molar-refractivity contribution in [1.29, 1.82) is 0 Å². The van der Waals surface area contributed by atoms with Gasteiger partial charge in [-0.3, -0.25) is 4.79 Å². The quantitative estimate of drug-likeness (QED) is 0.868. The van der Waals surface area contributed by atoms with Gasteiger partial charge in [0.1, 0.15) is 0 Å². The molecule has 1 unspecified atom stereocenters. The molecule has 1 N–H and O–H groups in total. The standard InChI is InChI=1S/C21H30N2O.ClH/c24-21(14-17-7-8-18-3-1-2-4-19(18)13-17)23-11-9-20(10-12-23)22-15-16-5-6-16;/h1-4,16-17,20,22H,5-15H2;1H. The Balaban J connectivity index is 0.00000182. The molecule has 1 aliphatic heterocycles. The van der Waals surface area contributed by atoms with Crippen LogP contribution in [0.1, 0.15) is 49.7 Å². The van der Waals surface area contributed by atoms with Crippen LogP contribution in [0.3, 0.4) is 0 Å². The number of halogens is 1. The van der Waals surface area contributed by atoms with Crippen molar-refractivity contribution in [2.24, 2.45) is 11.8 Å². The second-order valence-corrected chi connectivity index (χ2v) is 8.09. The van der Waals surface area contributed by atoms with Gasteiger partial charge in [0.15, 0.2) is 0 Å². The number of benzene rings is 1. The minimum atomic E-state index is 0. The number of nitrogens with zero attached hydrogens (tertiary/aromatic N) is 1. The Kier molecular flexibility index (Phi) is 6.40. The molecule has 0 aromatic heterocycles. The van der Waals surface area contributed by atoms with Gasteiger partial charge in [0.25, 0.3) is 0 Å². The molecule has 4 heteroatoms. The predicted molar refractivity (Wildman–Crippen MR) is 104 cm³/mol. The van der Waals surface area contributed by atoms with Gasteiger partial charge < -0.3 is 10.2 Å². The molecule has 1 heterocycles. The highest BCUT2D eigenvalue weighted by molar-refractivity contribution is 5.85. The molecule has 3 nitrogen and oxygen atoms in total. The molecule has 1 aromatic rings. The molecule has 2 fully saturated rings. The summed E-state index contributed by atoms with van der Waals surface area (Å²) < 4.78 is 0. The van der Waals surface area contributed by atoms with Crippen LogP contribution in [0.4, 0.5) is 0 Å². The summed E-state index contributed by atoms with van der Waals surface area (Å²) in [6.07, 6.45) is 9.22. The molecule has 2 aliphatic carbocycles. The van der Waals surface area contributed by atoms with Crippen molar-refractivity contribution in [1.82, 2.24) is 10.2 Å². The third-order valence-electron chi connectivity index (χ3n) is 6.15. The van der Waals surface area contributed by atoms with Gasteiger partial charge in [0, 0.05) is 25.6 Å². The molecule has 1 amide bonds. The lowest BCUT2D eigenvalue weighted by atomic mass is 9.82. The van der Waals surface area contributed by atoms with Gasteiger partial charge in [-0.2, -0.15) is 0 Å². The SMILES string of the molecule is Cl.O=C(CC1CCc2ccccc2C1)N1CCC(NCC2CC2)CC1. The van der Waals surface area contributed by atoms with Crippen LogP contribution in [0.15, 0.2) is 24.3 Å². The summed E-state index contributed by atoms with van der Waals surface area (Å²) in [5, 5.41) is 3.70. The van der Waals surface area contributed by atoms with Crippen molar-refractivity contribution in [3.63, 3.8) is 0 Å². The number of carbonyl (C=O) groups is 1. The fraction of sp³-hybridized carbons (Fsp3) is 0.667. The van der Waals surface area contributed by atoms with Crippen LogP contribution in [0.2, 0.25) is 0 Å². The third-order valence-corrected chi connectivity index (χ3v) is 6.15. The molecule has 1 atom stereocenters. The maximum Gasteiger partial charge on any atom is 0.222 e. The van der Waals surface area contributed by atoms with Crippen molar-refractivity contribution >= 4 is 18.3 Å². The molecule has 1 aromatic carbocycles. The number of nitrogens with one attached hydrogen (secondary N) is 1. The number of piperidine rings is 1. The maximum atomic E-state index is 12.7. The molecule has 25 heavy (non-hydrogen) atoms. The van der Waals surface area contributed by atoms with E-state index in [-0.39, 0.29) is 12.4 Å². The lowest BCUT2D eigenvalue weighted by Crippen LogP contribution is -2.45. The molecule has 3 aliphatic rings. The molecule has 1 saturated heterocycles. The second-order valence-electron chi connectivity index (χ2n) is 8.09. The van der Waals surface area contributed by atoms with E-state index in [9.17, 15) is 4.79 Å².